The molecule has 0 nitrogen and oxygen atoms in total. The monoisotopic (exact) mass is 1060 g/mol. The maximum atomic E-state index is 2.40. The molecule has 0 bridgehead atoms. The fourth-order valence-corrected chi connectivity index (χ4v) is 34.5. The first-order valence-electron chi connectivity index (χ1n) is 21.8. The van der Waals surface area contributed by atoms with Gasteiger partial charge in [0.25, 0.3) is 0 Å². The van der Waals surface area contributed by atoms with Crippen LogP contribution in [-0.4, -0.2) is 51.6 Å². The molecular formula is C52H104P4Pd2+4. The molecule has 0 amide bonds. The summed E-state index contributed by atoms with van der Waals surface area (Å²) in [5.41, 5.74) is 0. The van der Waals surface area contributed by atoms with Crippen molar-refractivity contribution >= 4 is 42.3 Å². The standard InChI is InChI=1S/2C14H23P.2C12H27P.2Pd/c2*1-13(2,3)15(14(4,5)6)12-10-8-7-9-11-12;2*1-10(2,3)13(11(4,5)6)12(7,8)9;;/h2*7-11H,1-6H3;2*1-9H3;;/p+4. The van der Waals surface area contributed by atoms with Gasteiger partial charge in [0.1, 0.15) is 0 Å². The molecule has 0 aromatic heterocycles. The Balaban J connectivity index is -0.000000332. The van der Waals surface area contributed by atoms with E-state index in [9.17, 15) is 0 Å². The van der Waals surface area contributed by atoms with Crippen LogP contribution in [0.4, 0.5) is 0 Å². The number of benzene rings is 2. The van der Waals surface area contributed by atoms with Gasteiger partial charge < -0.3 is 0 Å². The van der Waals surface area contributed by atoms with E-state index >= 15 is 0 Å². The fourth-order valence-electron chi connectivity index (χ4n) is 11.9. The molecule has 0 N–H and O–H groups in total. The Hall–Kier alpha value is 1.48. The largest absolute Gasteiger partial charge is 0.0925 e. The third-order valence-corrected chi connectivity index (χ3v) is 26.4. The molecule has 0 radical (unpaired) electrons. The van der Waals surface area contributed by atoms with Crippen molar-refractivity contribution in [1.82, 2.24) is 0 Å². The van der Waals surface area contributed by atoms with E-state index in [0.717, 1.165) is 0 Å². The van der Waals surface area contributed by atoms with Gasteiger partial charge in [0.15, 0.2) is 0 Å². The summed E-state index contributed by atoms with van der Waals surface area (Å²) in [6.07, 6.45) is 0. The van der Waals surface area contributed by atoms with Crippen LogP contribution in [0, 0.1) is 0 Å². The molecule has 0 spiro atoms. The van der Waals surface area contributed by atoms with Crippen LogP contribution in [0.25, 0.3) is 0 Å². The first kappa shape index (κ1) is 66.1. The van der Waals surface area contributed by atoms with E-state index in [1.165, 1.54) is 0 Å². The Labute approximate surface area is 400 Å². The zero-order valence-electron chi connectivity index (χ0n) is 44.4. The zero-order valence-corrected chi connectivity index (χ0v) is 51.5. The predicted octanol–water partition coefficient (Wildman–Crippen LogP) is 17.4. The molecule has 2 rings (SSSR count). The van der Waals surface area contributed by atoms with Crippen molar-refractivity contribution in [2.75, 3.05) is 0 Å². The summed E-state index contributed by atoms with van der Waals surface area (Å²) in [7, 11) is -1.89. The van der Waals surface area contributed by atoms with Crippen LogP contribution >= 0.6 is 31.7 Å². The number of hydrogen-bond acceptors (Lipinski definition) is 0. The van der Waals surface area contributed by atoms with Crippen molar-refractivity contribution in [3.63, 3.8) is 0 Å². The van der Waals surface area contributed by atoms with Crippen molar-refractivity contribution < 1.29 is 40.8 Å². The van der Waals surface area contributed by atoms with Gasteiger partial charge in [0.05, 0.1) is 62.2 Å². The van der Waals surface area contributed by atoms with Gasteiger partial charge in [-0.25, -0.2) is 0 Å². The Morgan fingerprint density at radius 2 is 0.362 bits per heavy atom. The van der Waals surface area contributed by atoms with Crippen LogP contribution in [0.15, 0.2) is 60.7 Å². The summed E-state index contributed by atoms with van der Waals surface area (Å²) < 4.78 is 0. The van der Waals surface area contributed by atoms with Crippen molar-refractivity contribution in [1.29, 1.82) is 0 Å². The predicted molar refractivity (Wildman–Crippen MR) is 283 cm³/mol. The summed E-state index contributed by atoms with van der Waals surface area (Å²) in [5.74, 6) is 0. The normalized spacial score (nSPS) is 13.7. The molecule has 0 saturated carbocycles. The smallest absolute Gasteiger partial charge is 0.0620 e. The van der Waals surface area contributed by atoms with Gasteiger partial charge >= 0.3 is 0 Å². The van der Waals surface area contributed by atoms with E-state index < -0.39 is 31.7 Å². The Kier molecular flexibility index (Phi) is 27.5. The van der Waals surface area contributed by atoms with Gasteiger partial charge in [-0.15, -0.1) is 0 Å². The molecule has 0 fully saturated rings. The molecule has 0 unspecified atom stereocenters. The summed E-state index contributed by atoms with van der Waals surface area (Å²) >= 11 is 0. The molecule has 58 heavy (non-hydrogen) atoms. The minimum absolute atomic E-state index is 0. The van der Waals surface area contributed by atoms with Gasteiger partial charge in [-0.05, 0) is 232 Å². The third-order valence-electron chi connectivity index (χ3n) is 9.62. The second-order valence-electron chi connectivity index (χ2n) is 26.7. The number of hydrogen-bond donors (Lipinski definition) is 0. The molecule has 0 aliphatic heterocycles. The summed E-state index contributed by atoms with van der Waals surface area (Å²) in [6.45, 7) is 71.7. The first-order valence-corrected chi connectivity index (χ1v) is 27.8. The molecule has 6 heteroatoms. The van der Waals surface area contributed by atoms with E-state index in [0.29, 0.717) is 51.6 Å². The molecular weight excluding hydrogens is 961 g/mol. The van der Waals surface area contributed by atoms with Crippen molar-refractivity contribution in [2.45, 2.75) is 259 Å². The van der Waals surface area contributed by atoms with Gasteiger partial charge in [-0.2, -0.15) is 0 Å². The van der Waals surface area contributed by atoms with Crippen LogP contribution in [-0.2, 0) is 40.8 Å². The molecule has 2 aromatic rings. The fraction of sp³-hybridized carbons (Fsp3) is 0.769. The SMILES string of the molecule is CC(C)(C)[PH+](C(C)(C)C)C(C)(C)C.CC(C)(C)[PH+](C(C)(C)C)C(C)(C)C.CC(C)(C)[PH+](c1ccccc1)C(C)(C)C.CC(C)(C)[PH+](c1ccccc1)C(C)(C)C.[Pd].[Pd]. The van der Waals surface area contributed by atoms with Crippen LogP contribution in [0.3, 0.4) is 0 Å². The first-order chi connectivity index (χ1) is 24.2. The molecule has 0 aliphatic carbocycles. The molecule has 0 saturated heterocycles. The quantitative estimate of drug-likeness (QED) is 0.208. The Bertz CT molecular complexity index is 1160. The van der Waals surface area contributed by atoms with Gasteiger partial charge in [-0.1, -0.05) is 36.4 Å². The molecule has 348 valence electrons. The zero-order chi connectivity index (χ0) is 45.5. The molecule has 0 aliphatic rings. The minimum Gasteiger partial charge on any atom is -0.0620 e. The summed E-state index contributed by atoms with van der Waals surface area (Å²) in [5, 5.41) is 7.67. The second kappa shape index (κ2) is 24.1. The van der Waals surface area contributed by atoms with Crippen LogP contribution in [0.5, 0.6) is 0 Å². The average molecular weight is 1070 g/mol. The van der Waals surface area contributed by atoms with Gasteiger partial charge in [0.2, 0.25) is 0 Å². The summed E-state index contributed by atoms with van der Waals surface area (Å²) in [4.78, 5) is 0. The van der Waals surface area contributed by atoms with Crippen LogP contribution in [0.1, 0.15) is 208 Å². The van der Waals surface area contributed by atoms with Crippen molar-refractivity contribution in [3.8, 4) is 0 Å². The average Bonchev–Trinajstić information content (AvgIpc) is 2.82. The van der Waals surface area contributed by atoms with E-state index in [-0.39, 0.29) is 40.8 Å². The maximum absolute atomic E-state index is 2.40. The van der Waals surface area contributed by atoms with E-state index in [1.807, 2.05) is 0 Å². The Morgan fingerprint density at radius 1 is 0.224 bits per heavy atom. The van der Waals surface area contributed by atoms with E-state index in [1.54, 1.807) is 10.6 Å². The maximum Gasteiger partial charge on any atom is 0.0925 e. The number of rotatable bonds is 2. The van der Waals surface area contributed by atoms with Gasteiger partial charge in [0, 0.05) is 72.5 Å². The van der Waals surface area contributed by atoms with Crippen molar-refractivity contribution in [3.05, 3.63) is 60.7 Å². The Morgan fingerprint density at radius 3 is 0.448 bits per heavy atom. The third kappa shape index (κ3) is 25.1. The van der Waals surface area contributed by atoms with Gasteiger partial charge in [-0.3, -0.25) is 0 Å². The summed E-state index contributed by atoms with van der Waals surface area (Å²) in [6, 6.07) is 22.1. The van der Waals surface area contributed by atoms with E-state index in [4.69, 9.17) is 0 Å². The molecule has 0 atom stereocenters. The topological polar surface area (TPSA) is 0 Å². The van der Waals surface area contributed by atoms with Crippen LogP contribution in [0.2, 0.25) is 0 Å². The van der Waals surface area contributed by atoms with E-state index in [2.05, 4.69) is 268 Å². The molecule has 2 aromatic carbocycles. The minimum atomic E-state index is -0.553. The molecule has 0 heterocycles. The van der Waals surface area contributed by atoms with Crippen LogP contribution < -0.4 is 10.6 Å². The second-order valence-corrected chi connectivity index (χ2v) is 45.9. The van der Waals surface area contributed by atoms with Crippen molar-refractivity contribution in [2.24, 2.45) is 0 Å².